The van der Waals surface area contributed by atoms with Gasteiger partial charge in [-0.25, -0.2) is 35.3 Å². The number of carbonyl (C=O) groups is 4. The average molecular weight is 1510 g/mol. The summed E-state index contributed by atoms with van der Waals surface area (Å²) in [4.78, 5) is 69.4. The quantitative estimate of drug-likeness (QED) is 0.0133. The number of sulfone groups is 1. The summed E-state index contributed by atoms with van der Waals surface area (Å²) >= 11 is 2.98. The Bertz CT molecular complexity index is 3970. The predicted molar refractivity (Wildman–Crippen MR) is 399 cm³/mol. The molecule has 103 heavy (non-hydrogen) atoms. The number of sulfonamides is 1. The Labute approximate surface area is 613 Å². The van der Waals surface area contributed by atoms with Crippen molar-refractivity contribution in [3.05, 3.63) is 143 Å². The minimum atomic E-state index is -6.15. The van der Waals surface area contributed by atoms with Gasteiger partial charge in [-0.05, 0) is 160 Å². The molecule has 1 aliphatic carbocycles. The van der Waals surface area contributed by atoms with Crippen molar-refractivity contribution in [2.45, 2.75) is 176 Å². The molecule has 0 bridgehead atoms. The molecule has 0 spiro atoms. The van der Waals surface area contributed by atoms with Crippen LogP contribution in [0.4, 0.5) is 33.3 Å². The molecule has 562 valence electrons. The lowest BCUT2D eigenvalue weighted by molar-refractivity contribution is -0.140. The number of aryl methyl sites for hydroxylation is 1. The molecule has 4 aliphatic rings. The van der Waals surface area contributed by atoms with Gasteiger partial charge in [0.25, 0.3) is 32.2 Å². The van der Waals surface area contributed by atoms with Crippen molar-refractivity contribution in [2.75, 3.05) is 101 Å². The Morgan fingerprint density at radius 2 is 1.47 bits per heavy atom. The Kier molecular flexibility index (Phi) is 28.1. The first-order chi connectivity index (χ1) is 48.8. The van der Waals surface area contributed by atoms with E-state index in [1.165, 1.54) is 35.0 Å². The highest BCUT2D eigenvalue weighted by Gasteiger charge is 2.49. The molecule has 27 heteroatoms. The Balaban J connectivity index is 0.742. The van der Waals surface area contributed by atoms with Crippen molar-refractivity contribution in [1.29, 1.82) is 0 Å². The Morgan fingerprint density at radius 1 is 0.796 bits per heavy atom. The maximum absolute atomic E-state index is 14.6. The van der Waals surface area contributed by atoms with Crippen LogP contribution in [0.5, 0.6) is 0 Å². The van der Waals surface area contributed by atoms with E-state index in [0.717, 1.165) is 148 Å². The second-order valence-corrected chi connectivity index (χ2v) is 35.2. The number of allylic oxidation sites excluding steroid dienone is 2. The zero-order valence-electron chi connectivity index (χ0n) is 60.1. The minimum Gasteiger partial charge on any atom is -0.380 e. The standard InChI is InChI=1S/C76H101F5N10O8S4/c1-53(71(77)78)19-20-58-48-75(6,7)33-31-59(58)50-89-42-44-90(45-43-89)61-27-25-57(26-28-61)72(94)86-103(98,99)63-29-30-64(67(46-63)102(96,97)76(79,80)81)84-60(51-100-62-16-11-10-12-17-62)32-37-88-40-38-87(39-41-88)35-14-9-8-13-34-82-68(92)47-65(55-21-23-56(24-22-55)70-54(2)83-52-101-70)85-73(95)66-18-15-36-91(66)69(93)49-74(3,4)5/h10-12,16-17,21-30,46,52,60,65-66,71,84H,1,8-9,13-15,18-20,31-45,47-51H2,2-7H3,(H,82,92)(H,85,95)(H,86,94)/t60-,65+,66+/m1/s1. The number of amides is 4. The predicted octanol–water partition coefficient (Wildman–Crippen LogP) is 13.7. The van der Waals surface area contributed by atoms with E-state index in [1.54, 1.807) is 33.9 Å². The Hall–Kier alpha value is -6.75. The van der Waals surface area contributed by atoms with E-state index >= 15 is 0 Å². The molecule has 4 heterocycles. The molecule has 5 aromatic rings. The number of thiazole rings is 1. The van der Waals surface area contributed by atoms with Crippen molar-refractivity contribution in [1.82, 2.24) is 39.9 Å². The number of hydrogen-bond donors (Lipinski definition) is 4. The fourth-order valence-electron chi connectivity index (χ4n) is 13.8. The zero-order chi connectivity index (χ0) is 74.3. The van der Waals surface area contributed by atoms with Crippen LogP contribution in [0, 0.1) is 17.8 Å². The number of unbranched alkanes of at least 4 members (excludes halogenated alkanes) is 3. The van der Waals surface area contributed by atoms with E-state index in [-0.39, 0.29) is 52.5 Å². The number of alkyl halides is 5. The first-order valence-electron chi connectivity index (χ1n) is 35.8. The molecule has 4 amide bonds. The van der Waals surface area contributed by atoms with E-state index in [0.29, 0.717) is 70.2 Å². The number of piperazine rings is 2. The fraction of sp³-hybridized carbons (Fsp3) is 0.539. The van der Waals surface area contributed by atoms with Crippen LogP contribution in [-0.2, 0) is 34.2 Å². The number of likely N-dealkylation sites (tertiary alicyclic amines) is 1. The molecular weight excluding hydrogens is 1400 g/mol. The average Bonchev–Trinajstić information content (AvgIpc) is 1.32. The van der Waals surface area contributed by atoms with Gasteiger partial charge in [-0.15, -0.1) is 23.1 Å². The van der Waals surface area contributed by atoms with Crippen molar-refractivity contribution in [3.8, 4) is 10.4 Å². The third-order valence-electron chi connectivity index (χ3n) is 19.8. The van der Waals surface area contributed by atoms with Crippen molar-refractivity contribution in [2.24, 2.45) is 10.8 Å². The number of halogens is 5. The summed E-state index contributed by atoms with van der Waals surface area (Å²) in [6.45, 7) is 24.8. The van der Waals surface area contributed by atoms with Crippen LogP contribution in [0.3, 0.4) is 0 Å². The van der Waals surface area contributed by atoms with E-state index in [1.807, 2.05) is 87.0 Å². The number of benzene rings is 4. The van der Waals surface area contributed by atoms with E-state index in [2.05, 4.69) is 61.0 Å². The van der Waals surface area contributed by atoms with Crippen LogP contribution >= 0.6 is 23.1 Å². The number of carbonyl (C=O) groups excluding carboxylic acids is 4. The molecule has 3 atom stereocenters. The molecular formula is C76H101F5N10O8S4. The number of aromatic nitrogens is 1. The van der Waals surface area contributed by atoms with Crippen LogP contribution in [0.25, 0.3) is 10.4 Å². The Morgan fingerprint density at radius 3 is 2.12 bits per heavy atom. The van der Waals surface area contributed by atoms with Gasteiger partial charge in [0.15, 0.2) is 0 Å². The van der Waals surface area contributed by atoms with Crippen molar-refractivity contribution >= 4 is 78.0 Å². The van der Waals surface area contributed by atoms with Crippen molar-refractivity contribution in [3.63, 3.8) is 0 Å². The number of anilines is 2. The smallest absolute Gasteiger partial charge is 0.380 e. The second-order valence-electron chi connectivity index (χ2n) is 29.7. The molecule has 1 aromatic heterocycles. The first kappa shape index (κ1) is 80.3. The maximum atomic E-state index is 14.6. The highest BCUT2D eigenvalue weighted by molar-refractivity contribution is 7.99. The van der Waals surface area contributed by atoms with E-state index in [4.69, 9.17) is 0 Å². The molecule has 4 aromatic carbocycles. The lowest BCUT2D eigenvalue weighted by Crippen LogP contribution is -2.48. The largest absolute Gasteiger partial charge is 0.501 e. The number of rotatable bonds is 33. The molecule has 4 N–H and O–H groups in total. The van der Waals surface area contributed by atoms with Gasteiger partial charge in [0.2, 0.25) is 17.7 Å². The molecule has 0 unspecified atom stereocenters. The van der Waals surface area contributed by atoms with Gasteiger partial charge in [-0.2, -0.15) is 13.2 Å². The zero-order valence-corrected chi connectivity index (χ0v) is 63.4. The fourth-order valence-corrected chi connectivity index (χ4v) is 17.7. The third kappa shape index (κ3) is 23.1. The molecule has 18 nitrogen and oxygen atoms in total. The highest BCUT2D eigenvalue weighted by Crippen LogP contribution is 2.42. The number of thioether (sulfide) groups is 1. The van der Waals surface area contributed by atoms with Gasteiger partial charge in [0.1, 0.15) is 10.9 Å². The van der Waals surface area contributed by atoms with Crippen LogP contribution in [0.2, 0.25) is 0 Å². The number of hydrogen-bond acceptors (Lipinski definition) is 16. The number of nitrogens with zero attached hydrogens (tertiary/aromatic N) is 6. The summed E-state index contributed by atoms with van der Waals surface area (Å²) in [6, 6.07) is 24.0. The minimum absolute atomic E-state index is 0.0287. The summed E-state index contributed by atoms with van der Waals surface area (Å²) in [5, 5.41) is 9.27. The monoisotopic (exact) mass is 1500 g/mol. The van der Waals surface area contributed by atoms with Crippen LogP contribution in [-0.4, -0.2) is 180 Å². The number of nitrogens with one attached hydrogen (secondary N) is 4. The van der Waals surface area contributed by atoms with Gasteiger partial charge in [0, 0.05) is 113 Å². The second kappa shape index (κ2) is 36.0. The summed E-state index contributed by atoms with van der Waals surface area (Å²) in [5.74, 6) is -1.26. The van der Waals surface area contributed by atoms with Crippen molar-refractivity contribution < 1.29 is 58.0 Å². The lowest BCUT2D eigenvalue weighted by atomic mass is 9.73. The first-order valence-corrected chi connectivity index (χ1v) is 40.7. The molecule has 3 saturated heterocycles. The maximum Gasteiger partial charge on any atom is 0.501 e. The summed E-state index contributed by atoms with van der Waals surface area (Å²) in [5.41, 5.74) is 1.34. The lowest BCUT2D eigenvalue weighted by Gasteiger charge is -2.39. The van der Waals surface area contributed by atoms with E-state index < -0.39 is 71.3 Å². The van der Waals surface area contributed by atoms with Crippen LogP contribution in [0.1, 0.15) is 152 Å². The molecule has 0 saturated carbocycles. The van der Waals surface area contributed by atoms with Crippen LogP contribution in [0.15, 0.2) is 141 Å². The topological polar surface area (TPSA) is 214 Å². The third-order valence-corrected chi connectivity index (χ3v) is 24.8. The molecule has 3 aliphatic heterocycles. The van der Waals surface area contributed by atoms with Crippen LogP contribution < -0.4 is 25.6 Å². The summed E-state index contributed by atoms with van der Waals surface area (Å²) in [6.07, 6.45) is 6.64. The highest BCUT2D eigenvalue weighted by atomic mass is 32.2. The molecule has 9 rings (SSSR count). The normalized spacial score (nSPS) is 18.0. The van der Waals surface area contributed by atoms with E-state index in [9.17, 15) is 58.0 Å². The molecule has 3 fully saturated rings. The van der Waals surface area contributed by atoms with Gasteiger partial charge in [0.05, 0.1) is 39.1 Å². The van der Waals surface area contributed by atoms with Gasteiger partial charge in [-0.1, -0.05) is 108 Å². The van der Waals surface area contributed by atoms with Gasteiger partial charge in [-0.3, -0.25) is 24.1 Å². The SMILES string of the molecule is C=C(CCC1=C(CN2CCN(c3ccc(C(=O)NS(=O)(=O)c4ccc(N[C@H](CCN5CCN(CCCCCCNC(=O)C[C@H](NC(=O)[C@@H]6CCCN6C(=O)CC(C)(C)C)c6ccc(-c7scnc7C)cc6)CC5)CSc5ccccc5)c(S(=O)(=O)C(F)(F)F)c4)cc3)CC2)CCC(C)(C)C1)C(F)F. The van der Waals surface area contributed by atoms with Gasteiger partial charge < -0.3 is 35.6 Å². The summed E-state index contributed by atoms with van der Waals surface area (Å²) < 4.78 is 127. The van der Waals surface area contributed by atoms with Gasteiger partial charge >= 0.3 is 5.51 Å². The molecule has 0 radical (unpaired) electrons. The summed E-state index contributed by atoms with van der Waals surface area (Å²) in [7, 11) is -11.1.